The van der Waals surface area contributed by atoms with Gasteiger partial charge in [0.05, 0.1) is 13.0 Å². The number of nitrogens with zero attached hydrogens (tertiary/aromatic N) is 1. The van der Waals surface area contributed by atoms with E-state index in [0.29, 0.717) is 27.6 Å². The van der Waals surface area contributed by atoms with Crippen molar-refractivity contribution >= 4 is 52.8 Å². The van der Waals surface area contributed by atoms with E-state index < -0.39 is 0 Å². The molecule has 3 unspecified atom stereocenters. The van der Waals surface area contributed by atoms with Crippen molar-refractivity contribution in [2.45, 2.75) is 37.2 Å². The van der Waals surface area contributed by atoms with Crippen LogP contribution in [0.5, 0.6) is 5.75 Å². The van der Waals surface area contributed by atoms with Gasteiger partial charge in [0.25, 0.3) is 5.91 Å². The largest absolute Gasteiger partial charge is 0.497 e. The Hall–Kier alpha value is -1.90. The third-order valence-corrected chi connectivity index (χ3v) is 7.09. The van der Waals surface area contributed by atoms with Crippen LogP contribution in [0.4, 0.5) is 5.82 Å². The second-order valence-corrected chi connectivity index (χ2v) is 9.28. The highest BCUT2D eigenvalue weighted by molar-refractivity contribution is 7.73. The maximum absolute atomic E-state index is 12.8. The average Bonchev–Trinajstić information content (AvgIpc) is 3.03. The molecule has 0 radical (unpaired) electrons. The summed E-state index contributed by atoms with van der Waals surface area (Å²) in [6, 6.07) is 7.48. The third-order valence-electron chi connectivity index (χ3n) is 5.30. The molecule has 1 aromatic carbocycles. The Morgan fingerprint density at radius 2 is 2.29 bits per heavy atom. The SMILES string of the molecule is COc1cccc(CNC(=O)c2sc(=S)n3c2NC(=O)C2CC(Cl)CCC23)c1. The van der Waals surface area contributed by atoms with Gasteiger partial charge in [-0.15, -0.1) is 11.6 Å². The zero-order chi connectivity index (χ0) is 19.8. The van der Waals surface area contributed by atoms with Crippen molar-refractivity contribution in [2.24, 2.45) is 5.92 Å². The number of amides is 2. The topological polar surface area (TPSA) is 72.4 Å². The molecule has 0 saturated heterocycles. The highest BCUT2D eigenvalue weighted by Crippen LogP contribution is 2.44. The fourth-order valence-corrected chi connectivity index (χ4v) is 5.61. The number of rotatable bonds is 4. The van der Waals surface area contributed by atoms with Gasteiger partial charge in [-0.1, -0.05) is 23.5 Å². The molecule has 1 saturated carbocycles. The number of hydrogen-bond acceptors (Lipinski definition) is 5. The van der Waals surface area contributed by atoms with Crippen LogP contribution in [0, 0.1) is 9.87 Å². The number of nitrogens with one attached hydrogen (secondary N) is 2. The summed E-state index contributed by atoms with van der Waals surface area (Å²) in [5, 5.41) is 5.81. The number of hydrogen-bond donors (Lipinski definition) is 2. The van der Waals surface area contributed by atoms with Crippen LogP contribution in [-0.2, 0) is 11.3 Å². The van der Waals surface area contributed by atoms with E-state index in [-0.39, 0.29) is 29.2 Å². The minimum Gasteiger partial charge on any atom is -0.497 e. The number of carbonyl (C=O) groups is 2. The zero-order valence-corrected chi connectivity index (χ0v) is 17.6. The molecule has 1 aliphatic heterocycles. The molecule has 2 aromatic rings. The molecule has 2 N–H and O–H groups in total. The van der Waals surface area contributed by atoms with Crippen LogP contribution in [-0.4, -0.2) is 28.9 Å². The maximum atomic E-state index is 12.8. The molecule has 2 aliphatic rings. The van der Waals surface area contributed by atoms with Crippen molar-refractivity contribution in [3.63, 3.8) is 0 Å². The molecule has 148 valence electrons. The van der Waals surface area contributed by atoms with Gasteiger partial charge in [0.15, 0.2) is 3.95 Å². The van der Waals surface area contributed by atoms with Crippen molar-refractivity contribution in [2.75, 3.05) is 12.4 Å². The molecule has 0 bridgehead atoms. The van der Waals surface area contributed by atoms with Crippen LogP contribution < -0.4 is 15.4 Å². The predicted octanol–water partition coefficient (Wildman–Crippen LogP) is 4.12. The van der Waals surface area contributed by atoms with E-state index in [1.54, 1.807) is 7.11 Å². The number of ether oxygens (including phenoxy) is 1. The minimum absolute atomic E-state index is 0.00647. The second-order valence-electron chi connectivity index (χ2n) is 7.02. The highest BCUT2D eigenvalue weighted by atomic mass is 35.5. The molecule has 1 aromatic heterocycles. The van der Waals surface area contributed by atoms with E-state index in [1.807, 2.05) is 28.8 Å². The molecule has 4 rings (SSSR count). The van der Waals surface area contributed by atoms with Crippen LogP contribution >= 0.6 is 35.2 Å². The normalized spacial score (nSPS) is 23.4. The van der Waals surface area contributed by atoms with E-state index in [2.05, 4.69) is 10.6 Å². The molecule has 1 aliphatic carbocycles. The lowest BCUT2D eigenvalue weighted by molar-refractivity contribution is -0.123. The minimum atomic E-state index is -0.252. The maximum Gasteiger partial charge on any atom is 0.265 e. The van der Waals surface area contributed by atoms with Crippen LogP contribution in [0.15, 0.2) is 24.3 Å². The van der Waals surface area contributed by atoms with Crippen molar-refractivity contribution in [3.05, 3.63) is 38.7 Å². The van der Waals surface area contributed by atoms with Crippen LogP contribution in [0.2, 0.25) is 0 Å². The number of thiazole rings is 1. The molecule has 2 heterocycles. The Morgan fingerprint density at radius 3 is 3.07 bits per heavy atom. The highest BCUT2D eigenvalue weighted by Gasteiger charge is 2.42. The van der Waals surface area contributed by atoms with Crippen LogP contribution in [0.25, 0.3) is 0 Å². The summed E-state index contributed by atoms with van der Waals surface area (Å²) >= 11 is 13.0. The van der Waals surface area contributed by atoms with Gasteiger partial charge in [-0.3, -0.25) is 9.59 Å². The van der Waals surface area contributed by atoms with E-state index in [9.17, 15) is 9.59 Å². The molecule has 6 nitrogen and oxygen atoms in total. The van der Waals surface area contributed by atoms with Crippen molar-refractivity contribution in [1.29, 1.82) is 0 Å². The van der Waals surface area contributed by atoms with Gasteiger partial charge in [-0.25, -0.2) is 0 Å². The number of aromatic nitrogens is 1. The summed E-state index contributed by atoms with van der Waals surface area (Å²) in [6.07, 6.45) is 2.26. The summed E-state index contributed by atoms with van der Waals surface area (Å²) in [5.41, 5.74) is 0.925. The predicted molar refractivity (Wildman–Crippen MR) is 112 cm³/mol. The number of benzene rings is 1. The van der Waals surface area contributed by atoms with Crippen LogP contribution in [0.3, 0.4) is 0 Å². The van der Waals surface area contributed by atoms with E-state index >= 15 is 0 Å². The van der Waals surface area contributed by atoms with Gasteiger partial charge in [0.2, 0.25) is 5.91 Å². The van der Waals surface area contributed by atoms with Crippen LogP contribution in [0.1, 0.15) is 40.5 Å². The molecule has 28 heavy (non-hydrogen) atoms. The number of alkyl halides is 1. The van der Waals surface area contributed by atoms with Gasteiger partial charge in [0, 0.05) is 18.0 Å². The molecule has 9 heteroatoms. The molecule has 1 fully saturated rings. The second kappa shape index (κ2) is 7.85. The first-order valence-corrected chi connectivity index (χ1v) is 10.8. The van der Waals surface area contributed by atoms with E-state index in [0.717, 1.165) is 24.2 Å². The third kappa shape index (κ3) is 3.56. The van der Waals surface area contributed by atoms with Gasteiger partial charge >= 0.3 is 0 Å². The molecule has 3 atom stereocenters. The lowest BCUT2D eigenvalue weighted by Crippen LogP contribution is -2.42. The van der Waals surface area contributed by atoms with Crippen molar-refractivity contribution in [3.8, 4) is 5.75 Å². The number of carbonyl (C=O) groups excluding carboxylic acids is 2. The lowest BCUT2D eigenvalue weighted by atomic mass is 9.82. The smallest absolute Gasteiger partial charge is 0.265 e. The van der Waals surface area contributed by atoms with Crippen molar-refractivity contribution in [1.82, 2.24) is 9.88 Å². The van der Waals surface area contributed by atoms with E-state index in [4.69, 9.17) is 28.6 Å². The standard InChI is InChI=1S/C19H20ClN3O3S2/c1-26-12-4-2-3-10(7-12)9-21-18(25)15-16-22-17(24)13-8-11(20)5-6-14(13)23(16)19(27)28-15/h2-4,7,11,13-14H,5-6,8-9H2,1H3,(H,21,25)(H,22,24). The molecular weight excluding hydrogens is 418 g/mol. The zero-order valence-electron chi connectivity index (χ0n) is 15.2. The number of methoxy groups -OCH3 is 1. The Balaban J connectivity index is 1.57. The van der Waals surface area contributed by atoms with Gasteiger partial charge in [-0.05, 0) is 49.2 Å². The summed E-state index contributed by atoms with van der Waals surface area (Å²) in [5.74, 6) is 0.717. The first kappa shape index (κ1) is 19.4. The Morgan fingerprint density at radius 1 is 1.46 bits per heavy atom. The number of fused-ring (bicyclic) bond motifs is 3. The molecular formula is C19H20ClN3O3S2. The summed E-state index contributed by atoms with van der Waals surface area (Å²) in [4.78, 5) is 25.9. The molecule has 2 amide bonds. The van der Waals surface area contributed by atoms with Gasteiger partial charge < -0.3 is 19.9 Å². The summed E-state index contributed by atoms with van der Waals surface area (Å²) < 4.78 is 7.75. The summed E-state index contributed by atoms with van der Waals surface area (Å²) in [7, 11) is 1.60. The van der Waals surface area contributed by atoms with Gasteiger partial charge in [0.1, 0.15) is 16.4 Å². The fourth-order valence-electron chi connectivity index (χ4n) is 3.91. The van der Waals surface area contributed by atoms with Crippen molar-refractivity contribution < 1.29 is 14.3 Å². The Bertz CT molecular complexity index is 987. The Kier molecular flexibility index (Phi) is 5.44. The first-order chi connectivity index (χ1) is 13.5. The van der Waals surface area contributed by atoms with Gasteiger partial charge in [-0.2, -0.15) is 0 Å². The Labute approximate surface area is 176 Å². The molecule has 0 spiro atoms. The number of anilines is 1. The monoisotopic (exact) mass is 437 g/mol. The first-order valence-electron chi connectivity index (χ1n) is 9.09. The average molecular weight is 438 g/mol. The lowest BCUT2D eigenvalue weighted by Gasteiger charge is -2.38. The quantitative estimate of drug-likeness (QED) is 0.557. The number of halogens is 1. The fraction of sp³-hybridized carbons (Fsp3) is 0.421. The summed E-state index contributed by atoms with van der Waals surface area (Å²) in [6.45, 7) is 0.355. The van der Waals surface area contributed by atoms with E-state index in [1.165, 1.54) is 11.3 Å².